The van der Waals surface area contributed by atoms with Gasteiger partial charge in [-0.3, -0.25) is 4.79 Å². The number of carbonyl (C=O) groups is 1. The van der Waals surface area contributed by atoms with Crippen LogP contribution in [0.25, 0.3) is 0 Å². The number of nitrogens with one attached hydrogen (secondary N) is 2. The molecular weight excluding hydrogens is 256 g/mol. The second kappa shape index (κ2) is 5.43. The monoisotopic (exact) mass is 264 g/mol. The largest absolute Gasteiger partial charge is 0.365 e. The number of rotatable bonds is 3. The minimum Gasteiger partial charge on any atom is -0.365 e. The summed E-state index contributed by atoms with van der Waals surface area (Å²) in [7, 11) is 1.82. The van der Waals surface area contributed by atoms with Gasteiger partial charge in [0.25, 0.3) is 0 Å². The maximum Gasteiger partial charge on any atom is 0.213 e. The van der Waals surface area contributed by atoms with E-state index in [9.17, 15) is 4.79 Å². The number of carbonyl (C=O) groups excluding carboxylic acids is 1. The lowest BCUT2D eigenvalue weighted by Crippen LogP contribution is -1.90. The van der Waals surface area contributed by atoms with Crippen molar-refractivity contribution in [2.24, 2.45) is 0 Å². The van der Waals surface area contributed by atoms with Crippen LogP contribution in [0.1, 0.15) is 9.75 Å². The van der Waals surface area contributed by atoms with Gasteiger partial charge in [-0.2, -0.15) is 0 Å². The third kappa shape index (κ3) is 3.03. The van der Waals surface area contributed by atoms with E-state index in [0.29, 0.717) is 11.5 Å². The molecule has 0 saturated heterocycles. The molecule has 1 amide bonds. The van der Waals surface area contributed by atoms with Gasteiger partial charge in [0, 0.05) is 7.05 Å². The van der Waals surface area contributed by atoms with Crippen molar-refractivity contribution in [2.75, 3.05) is 17.7 Å². The summed E-state index contributed by atoms with van der Waals surface area (Å²) in [4.78, 5) is 20.0. The second-order valence-corrected chi connectivity index (χ2v) is 4.88. The summed E-state index contributed by atoms with van der Waals surface area (Å²) in [5, 5.41) is 6.81. The first-order valence-electron chi connectivity index (χ1n) is 4.63. The van der Waals surface area contributed by atoms with E-state index in [2.05, 4.69) is 32.4 Å². The van der Waals surface area contributed by atoms with Crippen LogP contribution in [0.15, 0.2) is 12.4 Å². The van der Waals surface area contributed by atoms with E-state index in [1.54, 1.807) is 12.4 Å². The van der Waals surface area contributed by atoms with E-state index in [1.165, 1.54) is 22.7 Å². The maximum atomic E-state index is 10.2. The highest BCUT2D eigenvalue weighted by Crippen LogP contribution is 2.18. The van der Waals surface area contributed by atoms with Crippen molar-refractivity contribution < 1.29 is 4.79 Å². The van der Waals surface area contributed by atoms with Crippen molar-refractivity contribution in [1.82, 2.24) is 9.97 Å². The standard InChI is InChI=1S/C10H8N4OS2/c1-11-9-12-4-7(16-9)2-3-8-5-13-10(17-8)14-6-15/h4-6H,1H3,(H,11,12)(H,13,14,15). The lowest BCUT2D eigenvalue weighted by Gasteiger charge is -1.85. The summed E-state index contributed by atoms with van der Waals surface area (Å²) in [6.45, 7) is 0. The molecule has 0 radical (unpaired) electrons. The smallest absolute Gasteiger partial charge is 0.213 e. The van der Waals surface area contributed by atoms with E-state index in [4.69, 9.17) is 0 Å². The van der Waals surface area contributed by atoms with E-state index in [-0.39, 0.29) is 0 Å². The predicted octanol–water partition coefficient (Wildman–Crippen LogP) is 1.61. The third-order valence-electron chi connectivity index (χ3n) is 1.72. The van der Waals surface area contributed by atoms with Crippen LogP contribution in [0.3, 0.4) is 0 Å². The highest BCUT2D eigenvalue weighted by Gasteiger charge is 1.98. The van der Waals surface area contributed by atoms with E-state index in [0.717, 1.165) is 14.9 Å². The van der Waals surface area contributed by atoms with E-state index < -0.39 is 0 Å². The van der Waals surface area contributed by atoms with Crippen LogP contribution in [-0.4, -0.2) is 23.4 Å². The fourth-order valence-corrected chi connectivity index (χ4v) is 2.27. The van der Waals surface area contributed by atoms with Gasteiger partial charge in [0.05, 0.1) is 22.1 Å². The fraction of sp³-hybridized carbons (Fsp3) is 0.100. The first-order chi connectivity index (χ1) is 8.31. The SMILES string of the molecule is CNc1ncc(C#Cc2cnc(NC=O)s2)s1. The quantitative estimate of drug-likeness (QED) is 0.653. The van der Waals surface area contributed by atoms with Gasteiger partial charge in [-0.25, -0.2) is 9.97 Å². The minimum atomic E-state index is 0.546. The Bertz CT molecular complexity index is 578. The Morgan fingerprint density at radius 2 is 1.76 bits per heavy atom. The summed E-state index contributed by atoms with van der Waals surface area (Å²) in [5.74, 6) is 5.96. The molecule has 2 rings (SSSR count). The maximum absolute atomic E-state index is 10.2. The lowest BCUT2D eigenvalue weighted by molar-refractivity contribution is -0.105. The summed E-state index contributed by atoms with van der Waals surface area (Å²) < 4.78 is 0. The molecule has 0 aromatic carbocycles. The average molecular weight is 264 g/mol. The van der Waals surface area contributed by atoms with Gasteiger partial charge in [-0.15, -0.1) is 0 Å². The van der Waals surface area contributed by atoms with Crippen LogP contribution in [0, 0.1) is 11.8 Å². The predicted molar refractivity (Wildman–Crippen MR) is 69.4 cm³/mol. The first kappa shape index (κ1) is 11.6. The Hall–Kier alpha value is -1.91. The molecule has 2 aromatic heterocycles. The summed E-state index contributed by atoms with van der Waals surface area (Å²) >= 11 is 2.82. The number of nitrogens with zero attached hydrogens (tertiary/aromatic N) is 2. The molecule has 2 aromatic rings. The van der Waals surface area contributed by atoms with Crippen LogP contribution in [-0.2, 0) is 4.79 Å². The van der Waals surface area contributed by atoms with E-state index >= 15 is 0 Å². The molecule has 86 valence electrons. The van der Waals surface area contributed by atoms with Crippen molar-refractivity contribution in [1.29, 1.82) is 0 Å². The number of thiazole rings is 2. The van der Waals surface area contributed by atoms with Gasteiger partial charge in [0.15, 0.2) is 10.3 Å². The number of hydrogen-bond acceptors (Lipinski definition) is 6. The minimum absolute atomic E-state index is 0.546. The normalized spacial score (nSPS) is 9.24. The Morgan fingerprint density at radius 1 is 1.18 bits per heavy atom. The molecule has 17 heavy (non-hydrogen) atoms. The molecule has 0 unspecified atom stereocenters. The molecule has 7 heteroatoms. The van der Waals surface area contributed by atoms with Crippen LogP contribution < -0.4 is 10.6 Å². The number of anilines is 2. The molecule has 0 aliphatic rings. The Morgan fingerprint density at radius 3 is 2.29 bits per heavy atom. The second-order valence-electron chi connectivity index (χ2n) is 2.82. The Labute approximate surface area is 106 Å². The molecule has 2 N–H and O–H groups in total. The summed E-state index contributed by atoms with van der Waals surface area (Å²) in [5.41, 5.74) is 0. The van der Waals surface area contributed by atoms with Crippen molar-refractivity contribution >= 4 is 39.3 Å². The van der Waals surface area contributed by atoms with Crippen molar-refractivity contribution in [2.45, 2.75) is 0 Å². The summed E-state index contributed by atoms with van der Waals surface area (Å²) in [6.07, 6.45) is 3.94. The number of amides is 1. The molecule has 0 aliphatic heterocycles. The zero-order valence-electron chi connectivity index (χ0n) is 8.85. The van der Waals surface area contributed by atoms with Crippen molar-refractivity contribution in [3.05, 3.63) is 22.1 Å². The van der Waals surface area contributed by atoms with Gasteiger partial charge in [-0.05, 0) is 11.8 Å². The average Bonchev–Trinajstić information content (AvgIpc) is 2.95. The Kier molecular flexibility index (Phi) is 3.69. The molecule has 0 atom stereocenters. The highest BCUT2D eigenvalue weighted by molar-refractivity contribution is 7.16. The third-order valence-corrected chi connectivity index (χ3v) is 3.49. The topological polar surface area (TPSA) is 66.9 Å². The van der Waals surface area contributed by atoms with Crippen LogP contribution >= 0.6 is 22.7 Å². The molecule has 2 heterocycles. The number of aromatic nitrogens is 2. The first-order valence-corrected chi connectivity index (χ1v) is 6.26. The van der Waals surface area contributed by atoms with E-state index in [1.807, 2.05) is 7.05 Å². The molecule has 0 fully saturated rings. The van der Waals surface area contributed by atoms with Gasteiger partial charge >= 0.3 is 0 Å². The summed E-state index contributed by atoms with van der Waals surface area (Å²) in [6, 6.07) is 0. The van der Waals surface area contributed by atoms with Crippen LogP contribution in [0.4, 0.5) is 10.3 Å². The number of hydrogen-bond donors (Lipinski definition) is 2. The van der Waals surface area contributed by atoms with Gasteiger partial charge in [-0.1, -0.05) is 22.7 Å². The Balaban J connectivity index is 2.11. The highest BCUT2D eigenvalue weighted by atomic mass is 32.1. The van der Waals surface area contributed by atoms with Crippen molar-refractivity contribution in [3.8, 4) is 11.8 Å². The molecule has 0 spiro atoms. The molecule has 5 nitrogen and oxygen atoms in total. The molecular formula is C10H8N4OS2. The fourth-order valence-electron chi connectivity index (χ4n) is 1.02. The van der Waals surface area contributed by atoms with Crippen LogP contribution in [0.5, 0.6) is 0 Å². The molecule has 0 aliphatic carbocycles. The molecule has 0 bridgehead atoms. The van der Waals surface area contributed by atoms with Gasteiger partial charge in [0.2, 0.25) is 6.41 Å². The van der Waals surface area contributed by atoms with Gasteiger partial charge in [0.1, 0.15) is 0 Å². The van der Waals surface area contributed by atoms with Crippen LogP contribution in [0.2, 0.25) is 0 Å². The van der Waals surface area contributed by atoms with Gasteiger partial charge < -0.3 is 10.6 Å². The molecule has 0 saturated carbocycles. The van der Waals surface area contributed by atoms with Crippen molar-refractivity contribution in [3.63, 3.8) is 0 Å². The zero-order chi connectivity index (χ0) is 12.1. The lowest BCUT2D eigenvalue weighted by atomic mass is 10.5. The zero-order valence-corrected chi connectivity index (χ0v) is 10.5.